The van der Waals surface area contributed by atoms with Crippen LogP contribution in [0.2, 0.25) is 0 Å². The first-order chi connectivity index (χ1) is 4.89. The van der Waals surface area contributed by atoms with Crippen LogP contribution in [0.15, 0.2) is 12.8 Å². The van der Waals surface area contributed by atoms with Gasteiger partial charge in [-0.25, -0.2) is 9.18 Å². The zero-order valence-corrected chi connectivity index (χ0v) is 5.19. The van der Waals surface area contributed by atoms with Crippen molar-refractivity contribution in [1.29, 1.82) is 0 Å². The standard InChI is InChI=1S/C5H4F4O2/c1-2-11-4(10)3(6)5(7,8)9/h2-3H,1H2. The van der Waals surface area contributed by atoms with Crippen LogP contribution in [0.25, 0.3) is 0 Å². The van der Waals surface area contributed by atoms with Crippen molar-refractivity contribution >= 4 is 5.97 Å². The number of carbonyl (C=O) groups excluding carboxylic acids is 1. The van der Waals surface area contributed by atoms with E-state index in [2.05, 4.69) is 11.3 Å². The summed E-state index contributed by atoms with van der Waals surface area (Å²) in [4.78, 5) is 10.0. The van der Waals surface area contributed by atoms with Crippen LogP contribution in [0.5, 0.6) is 0 Å². The molecule has 1 atom stereocenters. The molecule has 0 rings (SSSR count). The van der Waals surface area contributed by atoms with Gasteiger partial charge in [-0.15, -0.1) is 0 Å². The fourth-order valence-electron chi connectivity index (χ4n) is 0.276. The van der Waals surface area contributed by atoms with Crippen LogP contribution >= 0.6 is 0 Å². The molecule has 0 aliphatic carbocycles. The molecule has 6 heteroatoms. The van der Waals surface area contributed by atoms with Crippen molar-refractivity contribution in [2.24, 2.45) is 0 Å². The molecule has 0 fully saturated rings. The Hall–Kier alpha value is -1.07. The Morgan fingerprint density at radius 2 is 2.00 bits per heavy atom. The molecule has 0 bridgehead atoms. The predicted molar refractivity (Wildman–Crippen MR) is 27.2 cm³/mol. The predicted octanol–water partition coefficient (Wildman–Crippen LogP) is 1.57. The lowest BCUT2D eigenvalue weighted by molar-refractivity contribution is -0.197. The van der Waals surface area contributed by atoms with Gasteiger partial charge in [-0.1, -0.05) is 6.58 Å². The molecule has 0 aromatic heterocycles. The Kier molecular flexibility index (Phi) is 3.03. The minimum atomic E-state index is -5.21. The van der Waals surface area contributed by atoms with E-state index in [0.29, 0.717) is 6.26 Å². The van der Waals surface area contributed by atoms with Crippen molar-refractivity contribution in [3.63, 3.8) is 0 Å². The Labute approximate surface area is 59.4 Å². The molecule has 0 saturated heterocycles. The van der Waals surface area contributed by atoms with Gasteiger partial charge >= 0.3 is 12.1 Å². The maximum Gasteiger partial charge on any atom is 0.430 e. The monoisotopic (exact) mass is 172 g/mol. The molecule has 0 aliphatic rings. The van der Waals surface area contributed by atoms with E-state index in [1.54, 1.807) is 0 Å². The molecule has 0 spiro atoms. The van der Waals surface area contributed by atoms with Crippen LogP contribution in [-0.4, -0.2) is 18.3 Å². The summed E-state index contributed by atoms with van der Waals surface area (Å²) in [5.74, 6) is -2.01. The van der Waals surface area contributed by atoms with Crippen molar-refractivity contribution < 1.29 is 27.1 Å². The van der Waals surface area contributed by atoms with Gasteiger partial charge in [0.05, 0.1) is 6.26 Å². The number of esters is 1. The summed E-state index contributed by atoms with van der Waals surface area (Å²) in [7, 11) is 0. The van der Waals surface area contributed by atoms with Crippen LogP contribution < -0.4 is 0 Å². The number of rotatable bonds is 2. The van der Waals surface area contributed by atoms with Gasteiger partial charge in [0.25, 0.3) is 6.17 Å². The number of alkyl halides is 4. The number of ether oxygens (including phenoxy) is 1. The molecular formula is C5H4F4O2. The second-order valence-electron chi connectivity index (χ2n) is 1.51. The maximum atomic E-state index is 11.8. The minimum Gasteiger partial charge on any atom is -0.433 e. The number of carbonyl (C=O) groups is 1. The third-order valence-electron chi connectivity index (χ3n) is 0.694. The molecule has 0 radical (unpaired) electrons. The van der Waals surface area contributed by atoms with E-state index < -0.39 is 18.3 Å². The zero-order chi connectivity index (χ0) is 9.07. The second-order valence-corrected chi connectivity index (χ2v) is 1.51. The van der Waals surface area contributed by atoms with E-state index in [1.807, 2.05) is 0 Å². The van der Waals surface area contributed by atoms with Crippen LogP contribution in [0.3, 0.4) is 0 Å². The lowest BCUT2D eigenvalue weighted by Gasteiger charge is -2.08. The Bertz CT molecular complexity index is 162. The summed E-state index contributed by atoms with van der Waals surface area (Å²) in [5.41, 5.74) is 0. The van der Waals surface area contributed by atoms with Crippen molar-refractivity contribution in [3.8, 4) is 0 Å². The molecule has 0 N–H and O–H groups in total. The minimum absolute atomic E-state index is 0.431. The smallest absolute Gasteiger partial charge is 0.430 e. The average molecular weight is 172 g/mol. The van der Waals surface area contributed by atoms with Gasteiger partial charge in [-0.05, 0) is 0 Å². The summed E-state index contributed by atoms with van der Waals surface area (Å²) in [6.07, 6.45) is -8.37. The van der Waals surface area contributed by atoms with Crippen LogP contribution in [0.1, 0.15) is 0 Å². The molecule has 2 nitrogen and oxygen atoms in total. The third-order valence-corrected chi connectivity index (χ3v) is 0.694. The molecule has 1 unspecified atom stereocenters. The molecule has 0 heterocycles. The molecule has 0 aromatic carbocycles. The van der Waals surface area contributed by atoms with Crippen LogP contribution in [0.4, 0.5) is 17.6 Å². The molecule has 0 amide bonds. The Balaban J connectivity index is 4.13. The fraction of sp³-hybridized carbons (Fsp3) is 0.400. The molecular weight excluding hydrogens is 168 g/mol. The fourth-order valence-corrected chi connectivity index (χ4v) is 0.276. The van der Waals surface area contributed by atoms with Gasteiger partial charge in [0, 0.05) is 0 Å². The second kappa shape index (κ2) is 3.36. The summed E-state index contributed by atoms with van der Waals surface area (Å²) in [6.45, 7) is 2.79. The molecule has 0 saturated carbocycles. The van der Waals surface area contributed by atoms with Crippen LogP contribution in [0, 0.1) is 0 Å². The third kappa shape index (κ3) is 3.01. The first-order valence-corrected chi connectivity index (χ1v) is 2.41. The van der Waals surface area contributed by atoms with E-state index in [1.165, 1.54) is 0 Å². The lowest BCUT2D eigenvalue weighted by atomic mass is 10.4. The average Bonchev–Trinajstić information content (AvgIpc) is 1.85. The van der Waals surface area contributed by atoms with Gasteiger partial charge in [0.15, 0.2) is 0 Å². The summed E-state index contributed by atoms with van der Waals surface area (Å²) in [6, 6.07) is 0. The quantitative estimate of drug-likeness (QED) is 0.359. The highest BCUT2D eigenvalue weighted by Gasteiger charge is 2.46. The summed E-state index contributed by atoms with van der Waals surface area (Å²) in [5, 5.41) is 0. The van der Waals surface area contributed by atoms with E-state index in [-0.39, 0.29) is 0 Å². The van der Waals surface area contributed by atoms with Crippen molar-refractivity contribution in [1.82, 2.24) is 0 Å². The highest BCUT2D eigenvalue weighted by molar-refractivity contribution is 5.75. The van der Waals surface area contributed by atoms with E-state index in [0.717, 1.165) is 0 Å². The van der Waals surface area contributed by atoms with Crippen molar-refractivity contribution in [2.45, 2.75) is 12.3 Å². The normalized spacial score (nSPS) is 13.8. The molecule has 0 aromatic rings. The highest BCUT2D eigenvalue weighted by Crippen LogP contribution is 2.23. The van der Waals surface area contributed by atoms with Gasteiger partial charge in [-0.2, -0.15) is 13.2 Å². The summed E-state index contributed by atoms with van der Waals surface area (Å²) < 4.78 is 49.3. The number of hydrogen-bond acceptors (Lipinski definition) is 2. The number of hydrogen-bond donors (Lipinski definition) is 0. The van der Waals surface area contributed by atoms with Crippen LogP contribution in [-0.2, 0) is 9.53 Å². The SMILES string of the molecule is C=COC(=O)C(F)C(F)(F)F. The zero-order valence-electron chi connectivity index (χ0n) is 5.19. The van der Waals surface area contributed by atoms with Gasteiger partial charge < -0.3 is 4.74 Å². The lowest BCUT2D eigenvalue weighted by Crippen LogP contribution is -2.33. The van der Waals surface area contributed by atoms with Crippen molar-refractivity contribution in [3.05, 3.63) is 12.8 Å². The topological polar surface area (TPSA) is 26.3 Å². The van der Waals surface area contributed by atoms with Gasteiger partial charge in [-0.3, -0.25) is 0 Å². The van der Waals surface area contributed by atoms with Gasteiger partial charge in [0.2, 0.25) is 0 Å². The first-order valence-electron chi connectivity index (χ1n) is 2.41. The Morgan fingerprint density at radius 1 is 1.55 bits per heavy atom. The molecule has 0 aliphatic heterocycles. The number of halogens is 4. The first kappa shape index (κ1) is 9.93. The Morgan fingerprint density at radius 3 is 2.27 bits per heavy atom. The summed E-state index contributed by atoms with van der Waals surface area (Å²) >= 11 is 0. The van der Waals surface area contributed by atoms with Crippen molar-refractivity contribution in [2.75, 3.05) is 0 Å². The van der Waals surface area contributed by atoms with E-state index >= 15 is 0 Å². The maximum absolute atomic E-state index is 11.8. The van der Waals surface area contributed by atoms with E-state index in [4.69, 9.17) is 0 Å². The van der Waals surface area contributed by atoms with E-state index in [9.17, 15) is 22.4 Å². The highest BCUT2D eigenvalue weighted by atomic mass is 19.4. The van der Waals surface area contributed by atoms with Gasteiger partial charge in [0.1, 0.15) is 0 Å². The molecule has 64 valence electrons. The largest absolute Gasteiger partial charge is 0.433 e. The molecule has 11 heavy (non-hydrogen) atoms.